The van der Waals surface area contributed by atoms with Crippen LogP contribution in [0, 0.1) is 0 Å². The summed E-state index contributed by atoms with van der Waals surface area (Å²) in [4.78, 5) is 43.1. The second-order valence-corrected chi connectivity index (χ2v) is 6.54. The molecule has 4 N–H and O–H groups in total. The van der Waals surface area contributed by atoms with E-state index < -0.39 is 11.9 Å². The van der Waals surface area contributed by atoms with Crippen molar-refractivity contribution in [3.8, 4) is 11.4 Å². The van der Waals surface area contributed by atoms with Crippen LogP contribution >= 0.6 is 0 Å². The number of ether oxygens (including phenoxy) is 1. The highest BCUT2D eigenvalue weighted by atomic mass is 16.5. The molecule has 170 valence electrons. The zero-order valence-corrected chi connectivity index (χ0v) is 18.2. The van der Waals surface area contributed by atoms with Gasteiger partial charge in [-0.3, -0.25) is 9.59 Å². The summed E-state index contributed by atoms with van der Waals surface area (Å²) in [5.74, 6) is 0.673. The molecule has 0 bridgehead atoms. The van der Waals surface area contributed by atoms with Gasteiger partial charge >= 0.3 is 5.97 Å². The fourth-order valence-corrected chi connectivity index (χ4v) is 2.54. The third-order valence-electron chi connectivity index (χ3n) is 3.95. The monoisotopic (exact) mass is 440 g/mol. The standard InChI is InChI=1S/C22H28N6O4/c1-3-32-21(31)10-9-20(30)26-14-13-25-19-15-18(24-12-11-23-16(2)29)27-22(28-19)17-7-5-4-6-8-17/h4-10,15H,3,11-14H2,1-2H3,(H,23,29)(H,26,30)(H2,24,25,27,28). The van der Waals surface area contributed by atoms with Crippen LogP contribution in [0.2, 0.25) is 0 Å². The van der Waals surface area contributed by atoms with Gasteiger partial charge in [-0.15, -0.1) is 0 Å². The van der Waals surface area contributed by atoms with Gasteiger partial charge in [0.05, 0.1) is 6.61 Å². The molecule has 2 amide bonds. The van der Waals surface area contributed by atoms with Gasteiger partial charge in [-0.05, 0) is 6.92 Å². The smallest absolute Gasteiger partial charge is 0.330 e. The molecule has 1 aromatic heterocycles. The molecule has 2 rings (SSSR count). The Morgan fingerprint density at radius 3 is 2.12 bits per heavy atom. The van der Waals surface area contributed by atoms with Crippen LogP contribution in [0.15, 0.2) is 48.6 Å². The molecule has 0 spiro atoms. The van der Waals surface area contributed by atoms with E-state index in [1.54, 1.807) is 13.0 Å². The number of carbonyl (C=O) groups is 3. The summed E-state index contributed by atoms with van der Waals surface area (Å²) >= 11 is 0. The second-order valence-electron chi connectivity index (χ2n) is 6.54. The lowest BCUT2D eigenvalue weighted by Gasteiger charge is -2.12. The fraction of sp³-hybridized carbons (Fsp3) is 0.318. The van der Waals surface area contributed by atoms with Crippen LogP contribution in [0.3, 0.4) is 0 Å². The highest BCUT2D eigenvalue weighted by Crippen LogP contribution is 2.19. The summed E-state index contributed by atoms with van der Waals surface area (Å²) in [6.07, 6.45) is 2.22. The van der Waals surface area contributed by atoms with Crippen molar-refractivity contribution in [1.82, 2.24) is 20.6 Å². The summed E-state index contributed by atoms with van der Waals surface area (Å²) in [5.41, 5.74) is 0.860. The minimum atomic E-state index is -0.561. The maximum absolute atomic E-state index is 11.8. The Morgan fingerprint density at radius 2 is 1.53 bits per heavy atom. The molecule has 0 saturated heterocycles. The number of nitrogens with one attached hydrogen (secondary N) is 4. The van der Waals surface area contributed by atoms with Crippen molar-refractivity contribution in [2.75, 3.05) is 43.4 Å². The Balaban J connectivity index is 1.95. The Bertz CT molecular complexity index is 933. The van der Waals surface area contributed by atoms with E-state index in [0.717, 1.165) is 17.7 Å². The van der Waals surface area contributed by atoms with Crippen LogP contribution in [0.5, 0.6) is 0 Å². The maximum atomic E-state index is 11.8. The number of hydrogen-bond donors (Lipinski definition) is 4. The molecule has 2 aromatic rings. The van der Waals surface area contributed by atoms with Crippen molar-refractivity contribution in [1.29, 1.82) is 0 Å². The molecule has 1 heterocycles. The van der Waals surface area contributed by atoms with Crippen molar-refractivity contribution in [3.05, 3.63) is 48.6 Å². The van der Waals surface area contributed by atoms with E-state index in [1.807, 2.05) is 30.3 Å². The molecule has 0 fully saturated rings. The molecule has 0 aliphatic rings. The first-order chi connectivity index (χ1) is 15.5. The SMILES string of the molecule is CCOC(=O)C=CC(=O)NCCNc1cc(NCCNC(C)=O)nc(-c2ccccc2)n1. The van der Waals surface area contributed by atoms with Crippen LogP contribution in [-0.2, 0) is 19.1 Å². The molecular formula is C22H28N6O4. The second kappa shape index (κ2) is 13.4. The lowest BCUT2D eigenvalue weighted by atomic mass is 10.2. The summed E-state index contributed by atoms with van der Waals surface area (Å²) in [6.45, 7) is 5.12. The van der Waals surface area contributed by atoms with Crippen LogP contribution in [0.25, 0.3) is 11.4 Å². The zero-order valence-electron chi connectivity index (χ0n) is 18.2. The van der Waals surface area contributed by atoms with Gasteiger partial charge < -0.3 is 26.0 Å². The normalized spacial score (nSPS) is 10.4. The fourth-order valence-electron chi connectivity index (χ4n) is 2.54. The van der Waals surface area contributed by atoms with Gasteiger partial charge in [-0.25, -0.2) is 14.8 Å². The quantitative estimate of drug-likeness (QED) is 0.221. The van der Waals surface area contributed by atoms with Crippen molar-refractivity contribution in [3.63, 3.8) is 0 Å². The highest BCUT2D eigenvalue weighted by molar-refractivity contribution is 5.94. The third kappa shape index (κ3) is 9.24. The van der Waals surface area contributed by atoms with Gasteiger partial charge in [0, 0.05) is 56.9 Å². The number of hydrogen-bond acceptors (Lipinski definition) is 8. The van der Waals surface area contributed by atoms with E-state index in [4.69, 9.17) is 4.74 Å². The summed E-state index contributed by atoms with van der Waals surface area (Å²) in [6, 6.07) is 11.3. The highest BCUT2D eigenvalue weighted by Gasteiger charge is 2.07. The molecule has 0 unspecified atom stereocenters. The molecule has 0 radical (unpaired) electrons. The zero-order chi connectivity index (χ0) is 23.2. The average Bonchev–Trinajstić information content (AvgIpc) is 2.79. The molecule has 0 saturated carbocycles. The molecule has 0 aliphatic carbocycles. The van der Waals surface area contributed by atoms with E-state index in [0.29, 0.717) is 43.6 Å². The Kier molecular flexibility index (Phi) is 10.2. The summed E-state index contributed by atoms with van der Waals surface area (Å²) in [5, 5.41) is 11.7. The van der Waals surface area contributed by atoms with Crippen molar-refractivity contribution in [2.45, 2.75) is 13.8 Å². The maximum Gasteiger partial charge on any atom is 0.330 e. The predicted molar refractivity (Wildman–Crippen MR) is 122 cm³/mol. The van der Waals surface area contributed by atoms with Crippen molar-refractivity contribution < 1.29 is 19.1 Å². The van der Waals surface area contributed by atoms with E-state index >= 15 is 0 Å². The lowest BCUT2D eigenvalue weighted by molar-refractivity contribution is -0.137. The topological polar surface area (TPSA) is 134 Å². The first-order valence-corrected chi connectivity index (χ1v) is 10.3. The van der Waals surface area contributed by atoms with Crippen LogP contribution in [-0.4, -0.2) is 60.5 Å². The molecular weight excluding hydrogens is 412 g/mol. The molecule has 0 atom stereocenters. The molecule has 1 aromatic carbocycles. The van der Waals surface area contributed by atoms with E-state index in [-0.39, 0.29) is 12.5 Å². The number of nitrogens with zero attached hydrogens (tertiary/aromatic N) is 2. The summed E-state index contributed by atoms with van der Waals surface area (Å²) in [7, 11) is 0. The number of rotatable bonds is 12. The van der Waals surface area contributed by atoms with Crippen LogP contribution in [0.4, 0.5) is 11.6 Å². The Hall–Kier alpha value is -3.95. The number of esters is 1. The molecule has 10 heteroatoms. The molecule has 32 heavy (non-hydrogen) atoms. The van der Waals surface area contributed by atoms with E-state index in [1.165, 1.54) is 6.92 Å². The van der Waals surface area contributed by atoms with E-state index in [9.17, 15) is 14.4 Å². The Morgan fingerprint density at radius 1 is 0.906 bits per heavy atom. The van der Waals surface area contributed by atoms with Gasteiger partial charge in [0.25, 0.3) is 0 Å². The van der Waals surface area contributed by atoms with E-state index in [2.05, 4.69) is 31.2 Å². The van der Waals surface area contributed by atoms with Gasteiger partial charge in [0.15, 0.2) is 5.82 Å². The Labute approximate surface area is 186 Å². The lowest BCUT2D eigenvalue weighted by Crippen LogP contribution is -2.28. The summed E-state index contributed by atoms with van der Waals surface area (Å²) < 4.78 is 4.72. The van der Waals surface area contributed by atoms with Gasteiger partial charge in [0.1, 0.15) is 11.6 Å². The number of anilines is 2. The van der Waals surface area contributed by atoms with Crippen LogP contribution in [0.1, 0.15) is 13.8 Å². The average molecular weight is 441 g/mol. The number of amides is 2. The number of carbonyl (C=O) groups excluding carboxylic acids is 3. The molecule has 10 nitrogen and oxygen atoms in total. The first-order valence-electron chi connectivity index (χ1n) is 10.3. The van der Waals surface area contributed by atoms with Crippen LogP contribution < -0.4 is 21.3 Å². The third-order valence-corrected chi connectivity index (χ3v) is 3.95. The number of aromatic nitrogens is 2. The van der Waals surface area contributed by atoms with Gasteiger partial charge in [0.2, 0.25) is 11.8 Å². The predicted octanol–water partition coefficient (Wildman–Crippen LogP) is 1.34. The minimum Gasteiger partial charge on any atom is -0.463 e. The minimum absolute atomic E-state index is 0.0963. The van der Waals surface area contributed by atoms with Gasteiger partial charge in [-0.1, -0.05) is 30.3 Å². The first kappa shape index (κ1) is 24.3. The van der Waals surface area contributed by atoms with Crippen molar-refractivity contribution >= 4 is 29.4 Å². The largest absolute Gasteiger partial charge is 0.463 e. The number of benzene rings is 1. The molecule has 0 aliphatic heterocycles. The van der Waals surface area contributed by atoms with Crippen molar-refractivity contribution in [2.24, 2.45) is 0 Å². The van der Waals surface area contributed by atoms with Gasteiger partial charge in [-0.2, -0.15) is 0 Å².